The van der Waals surface area contributed by atoms with Crippen molar-refractivity contribution in [3.63, 3.8) is 0 Å². The predicted molar refractivity (Wildman–Crippen MR) is 115 cm³/mol. The maximum Gasteiger partial charge on any atom is 0.251 e. The van der Waals surface area contributed by atoms with E-state index in [4.69, 9.17) is 4.74 Å². The van der Waals surface area contributed by atoms with Gasteiger partial charge in [0.2, 0.25) is 0 Å². The highest BCUT2D eigenvalue weighted by Crippen LogP contribution is 2.35. The van der Waals surface area contributed by atoms with Crippen LogP contribution in [0.25, 0.3) is 0 Å². The molecule has 29 heavy (non-hydrogen) atoms. The molecule has 1 atom stereocenters. The summed E-state index contributed by atoms with van der Waals surface area (Å²) in [5, 5.41) is 3.06. The van der Waals surface area contributed by atoms with Gasteiger partial charge in [0, 0.05) is 44.3 Å². The summed E-state index contributed by atoms with van der Waals surface area (Å²) in [6, 6.07) is 14.5. The number of methoxy groups -OCH3 is 1. The van der Waals surface area contributed by atoms with Gasteiger partial charge < -0.3 is 15.0 Å². The molecule has 2 aliphatic rings. The first kappa shape index (κ1) is 19.9. The first-order valence-electron chi connectivity index (χ1n) is 10.6. The van der Waals surface area contributed by atoms with Gasteiger partial charge in [-0.15, -0.1) is 0 Å². The molecule has 1 aliphatic heterocycles. The molecule has 2 aromatic carbocycles. The molecule has 1 fully saturated rings. The lowest BCUT2D eigenvalue weighted by atomic mass is 9.85. The highest BCUT2D eigenvalue weighted by molar-refractivity contribution is 5.94. The van der Waals surface area contributed by atoms with Gasteiger partial charge in [-0.1, -0.05) is 18.2 Å². The molecule has 0 radical (unpaired) electrons. The van der Waals surface area contributed by atoms with Crippen LogP contribution in [0.3, 0.4) is 0 Å². The van der Waals surface area contributed by atoms with Crippen molar-refractivity contribution in [2.75, 3.05) is 40.3 Å². The summed E-state index contributed by atoms with van der Waals surface area (Å²) in [6.07, 6.45) is 3.54. The van der Waals surface area contributed by atoms with Gasteiger partial charge in [-0.25, -0.2) is 0 Å². The molecule has 0 spiro atoms. The van der Waals surface area contributed by atoms with Gasteiger partial charge in [-0.3, -0.25) is 9.69 Å². The Morgan fingerprint density at radius 1 is 1.10 bits per heavy atom. The van der Waals surface area contributed by atoms with Crippen molar-refractivity contribution in [3.05, 3.63) is 64.7 Å². The molecular weight excluding hydrogens is 362 g/mol. The van der Waals surface area contributed by atoms with Crippen LogP contribution < -0.4 is 10.1 Å². The molecule has 1 aliphatic carbocycles. The molecule has 1 unspecified atom stereocenters. The number of hydrogen-bond donors (Lipinski definition) is 1. The molecule has 0 bridgehead atoms. The Labute approximate surface area is 173 Å². The van der Waals surface area contributed by atoms with E-state index in [0.29, 0.717) is 12.6 Å². The predicted octanol–water partition coefficient (Wildman–Crippen LogP) is 3.25. The Kier molecular flexibility index (Phi) is 6.16. The summed E-state index contributed by atoms with van der Waals surface area (Å²) in [6.45, 7) is 4.96. The van der Waals surface area contributed by atoms with Gasteiger partial charge >= 0.3 is 0 Å². The smallest absolute Gasteiger partial charge is 0.251 e. The van der Waals surface area contributed by atoms with Gasteiger partial charge in [-0.2, -0.15) is 0 Å². The summed E-state index contributed by atoms with van der Waals surface area (Å²) < 4.78 is 5.19. The lowest BCUT2D eigenvalue weighted by molar-refractivity contribution is 0.0947. The zero-order valence-corrected chi connectivity index (χ0v) is 17.5. The highest BCUT2D eigenvalue weighted by atomic mass is 16.5. The quantitative estimate of drug-likeness (QED) is 0.847. The Balaban J connectivity index is 1.45. The van der Waals surface area contributed by atoms with Crippen molar-refractivity contribution in [2.24, 2.45) is 0 Å². The number of likely N-dealkylation sites (N-methyl/N-ethyl adjacent to an activating group) is 1. The van der Waals surface area contributed by atoms with Crippen molar-refractivity contribution in [2.45, 2.75) is 31.8 Å². The second kappa shape index (κ2) is 8.97. The molecule has 0 aromatic heterocycles. The maximum atomic E-state index is 12.8. The zero-order chi connectivity index (χ0) is 20.2. The van der Waals surface area contributed by atoms with Gasteiger partial charge in [0.1, 0.15) is 5.75 Å². The Hall–Kier alpha value is -2.37. The molecule has 2 aromatic rings. The van der Waals surface area contributed by atoms with Crippen LogP contribution in [-0.4, -0.2) is 56.0 Å². The Bertz CT molecular complexity index is 842. The minimum absolute atomic E-state index is 0.00804. The first-order valence-corrected chi connectivity index (χ1v) is 10.6. The normalized spacial score (nSPS) is 20.1. The van der Waals surface area contributed by atoms with Crippen LogP contribution in [0, 0.1) is 0 Å². The second-order valence-corrected chi connectivity index (χ2v) is 8.19. The maximum absolute atomic E-state index is 12.8. The number of nitrogens with zero attached hydrogens (tertiary/aromatic N) is 2. The van der Waals surface area contributed by atoms with Crippen LogP contribution in [0.15, 0.2) is 42.5 Å². The van der Waals surface area contributed by atoms with Gasteiger partial charge in [0.15, 0.2) is 0 Å². The van der Waals surface area contributed by atoms with Crippen LogP contribution in [0.5, 0.6) is 5.75 Å². The van der Waals surface area contributed by atoms with E-state index in [9.17, 15) is 4.79 Å². The fourth-order valence-electron chi connectivity index (χ4n) is 4.46. The summed E-state index contributed by atoms with van der Waals surface area (Å²) >= 11 is 0. The van der Waals surface area contributed by atoms with E-state index >= 15 is 0 Å². The third-order valence-corrected chi connectivity index (χ3v) is 6.28. The number of rotatable bonds is 5. The average Bonchev–Trinajstić information content (AvgIpc) is 2.77. The van der Waals surface area contributed by atoms with Crippen molar-refractivity contribution in [3.8, 4) is 5.75 Å². The van der Waals surface area contributed by atoms with Crippen molar-refractivity contribution in [1.29, 1.82) is 0 Å². The summed E-state index contributed by atoms with van der Waals surface area (Å²) in [5.74, 6) is 0.816. The number of piperazine rings is 1. The summed E-state index contributed by atoms with van der Waals surface area (Å²) in [4.78, 5) is 17.8. The molecule has 4 rings (SSSR count). The lowest BCUT2D eigenvalue weighted by Gasteiger charge is -2.40. The molecule has 5 nitrogen and oxygen atoms in total. The number of carbonyl (C=O) groups is 1. The van der Waals surface area contributed by atoms with Crippen LogP contribution in [0.1, 0.15) is 45.9 Å². The van der Waals surface area contributed by atoms with Crippen LogP contribution in [0.4, 0.5) is 0 Å². The van der Waals surface area contributed by atoms with E-state index in [-0.39, 0.29) is 5.91 Å². The summed E-state index contributed by atoms with van der Waals surface area (Å²) in [5.41, 5.74) is 4.59. The number of aryl methyl sites for hydroxylation is 1. The monoisotopic (exact) mass is 393 g/mol. The molecule has 1 amide bonds. The van der Waals surface area contributed by atoms with Crippen LogP contribution in [-0.2, 0) is 13.0 Å². The van der Waals surface area contributed by atoms with E-state index in [1.165, 1.54) is 24.0 Å². The van der Waals surface area contributed by atoms with Gasteiger partial charge in [0.05, 0.1) is 7.11 Å². The standard InChI is InChI=1S/C24H31N3O2/c1-26-12-14-27(15-13-26)23-5-3-4-19-8-9-20(16-22(19)23)24(28)25-17-18-6-10-21(29-2)11-7-18/h6-11,16,23H,3-5,12-15,17H2,1-2H3,(H,25,28). The third kappa shape index (κ3) is 4.62. The molecule has 0 saturated carbocycles. The van der Waals surface area contributed by atoms with Crippen LogP contribution >= 0.6 is 0 Å². The topological polar surface area (TPSA) is 44.8 Å². The van der Waals surface area contributed by atoms with Crippen molar-refractivity contribution in [1.82, 2.24) is 15.1 Å². The number of amides is 1. The van der Waals surface area contributed by atoms with E-state index in [0.717, 1.165) is 49.5 Å². The number of carbonyl (C=O) groups excluding carboxylic acids is 1. The number of ether oxygens (including phenoxy) is 1. The SMILES string of the molecule is COc1ccc(CNC(=O)c2ccc3c(c2)C(N2CCN(C)CC2)CCC3)cc1. The molecule has 5 heteroatoms. The number of nitrogens with one attached hydrogen (secondary N) is 1. The third-order valence-electron chi connectivity index (χ3n) is 6.28. The van der Waals surface area contributed by atoms with E-state index in [1.807, 2.05) is 30.3 Å². The zero-order valence-electron chi connectivity index (χ0n) is 17.5. The lowest BCUT2D eigenvalue weighted by Crippen LogP contribution is -2.46. The Morgan fingerprint density at radius 3 is 2.59 bits per heavy atom. The largest absolute Gasteiger partial charge is 0.497 e. The number of hydrogen-bond acceptors (Lipinski definition) is 4. The molecular formula is C24H31N3O2. The molecule has 1 heterocycles. The van der Waals surface area contributed by atoms with Crippen molar-refractivity contribution < 1.29 is 9.53 Å². The molecule has 154 valence electrons. The molecule has 1 saturated heterocycles. The number of fused-ring (bicyclic) bond motifs is 1. The minimum atomic E-state index is -0.00804. The molecule has 1 N–H and O–H groups in total. The highest BCUT2D eigenvalue weighted by Gasteiger charge is 2.28. The van der Waals surface area contributed by atoms with Crippen molar-refractivity contribution >= 4 is 5.91 Å². The number of benzene rings is 2. The fraction of sp³-hybridized carbons (Fsp3) is 0.458. The van der Waals surface area contributed by atoms with E-state index in [1.54, 1.807) is 7.11 Å². The summed E-state index contributed by atoms with van der Waals surface area (Å²) in [7, 11) is 3.85. The minimum Gasteiger partial charge on any atom is -0.497 e. The fourth-order valence-corrected chi connectivity index (χ4v) is 4.46. The van der Waals surface area contributed by atoms with Crippen LogP contribution in [0.2, 0.25) is 0 Å². The van der Waals surface area contributed by atoms with E-state index in [2.05, 4.69) is 34.3 Å². The van der Waals surface area contributed by atoms with Gasteiger partial charge in [0.25, 0.3) is 5.91 Å². The second-order valence-electron chi connectivity index (χ2n) is 8.19. The first-order chi connectivity index (χ1) is 14.1. The van der Waals surface area contributed by atoms with Gasteiger partial charge in [-0.05, 0) is 67.3 Å². The average molecular weight is 394 g/mol. The Morgan fingerprint density at radius 2 is 1.86 bits per heavy atom. The van der Waals surface area contributed by atoms with E-state index < -0.39 is 0 Å².